The van der Waals surface area contributed by atoms with Gasteiger partial charge in [0.05, 0.1) is 13.2 Å². The van der Waals surface area contributed by atoms with Gasteiger partial charge < -0.3 is 14.2 Å². The number of thioether (sulfide) groups is 1. The number of hydrogen-bond donors (Lipinski definition) is 0. The van der Waals surface area contributed by atoms with Crippen LogP contribution in [-0.4, -0.2) is 43.5 Å². The van der Waals surface area contributed by atoms with E-state index in [2.05, 4.69) is 6.58 Å². The van der Waals surface area contributed by atoms with E-state index in [0.717, 1.165) is 15.4 Å². The minimum Gasteiger partial charge on any atom is -0.463 e. The van der Waals surface area contributed by atoms with Gasteiger partial charge in [-0.15, -0.1) is 0 Å². The summed E-state index contributed by atoms with van der Waals surface area (Å²) in [5.41, 5.74) is 1.96. The first kappa shape index (κ1) is 23.5. The molecule has 8 heteroatoms. The van der Waals surface area contributed by atoms with E-state index in [1.807, 2.05) is 24.3 Å². The molecule has 1 unspecified atom stereocenters. The van der Waals surface area contributed by atoms with Gasteiger partial charge in [-0.25, -0.2) is 9.59 Å². The summed E-state index contributed by atoms with van der Waals surface area (Å²) >= 11 is 1.51. The average Bonchev–Trinajstić information content (AvgIpc) is 2.78. The molecule has 2 aliphatic rings. The van der Waals surface area contributed by atoms with Gasteiger partial charge in [-0.05, 0) is 31.4 Å². The molecule has 0 fully saturated rings. The molecule has 1 heterocycles. The number of Topliss-reactive ketones (excluding diaryl/α,β-unsaturated/α-hetero) is 1. The summed E-state index contributed by atoms with van der Waals surface area (Å²) in [5.74, 6) is -3.29. The van der Waals surface area contributed by atoms with Crippen LogP contribution in [0.25, 0.3) is 0 Å². The fourth-order valence-corrected chi connectivity index (χ4v) is 4.23. The first-order chi connectivity index (χ1) is 15.4. The number of fused-ring (bicyclic) bond motifs is 1. The highest BCUT2D eigenvalue weighted by Gasteiger charge is 2.35. The van der Waals surface area contributed by atoms with Crippen LogP contribution in [0, 0.1) is 5.92 Å². The molecule has 0 radical (unpaired) electrons. The lowest BCUT2D eigenvalue weighted by Crippen LogP contribution is -2.31. The average molecular weight is 457 g/mol. The van der Waals surface area contributed by atoms with Gasteiger partial charge in [0.25, 0.3) is 0 Å². The third-order valence-electron chi connectivity index (χ3n) is 4.85. The van der Waals surface area contributed by atoms with Crippen molar-refractivity contribution in [2.75, 3.05) is 19.8 Å². The first-order valence-electron chi connectivity index (χ1n) is 10.2. The van der Waals surface area contributed by atoms with Crippen molar-refractivity contribution < 1.29 is 33.4 Å². The summed E-state index contributed by atoms with van der Waals surface area (Å²) in [4.78, 5) is 50.2. The molecule has 0 amide bonds. The van der Waals surface area contributed by atoms with Gasteiger partial charge >= 0.3 is 17.9 Å². The highest BCUT2D eigenvalue weighted by Crippen LogP contribution is 2.42. The molecule has 3 rings (SSSR count). The van der Waals surface area contributed by atoms with Crippen LogP contribution in [0.15, 0.2) is 63.9 Å². The number of rotatable bonds is 9. The van der Waals surface area contributed by atoms with Crippen molar-refractivity contribution in [1.29, 1.82) is 0 Å². The van der Waals surface area contributed by atoms with Gasteiger partial charge in [0.2, 0.25) is 0 Å². The third-order valence-corrected chi connectivity index (χ3v) is 6.07. The Bertz CT molecular complexity index is 1010. The van der Waals surface area contributed by atoms with E-state index in [4.69, 9.17) is 14.2 Å². The summed E-state index contributed by atoms with van der Waals surface area (Å²) in [6, 6.07) is 7.83. The summed E-state index contributed by atoms with van der Waals surface area (Å²) in [5, 5.41) is 0. The molecule has 1 atom stereocenters. The molecule has 0 bridgehead atoms. The second kappa shape index (κ2) is 10.9. The lowest BCUT2D eigenvalue weighted by Gasteiger charge is -2.25. The molecular weight excluding hydrogens is 432 g/mol. The minimum absolute atomic E-state index is 0.107. The number of benzene rings is 1. The molecule has 1 aliphatic heterocycles. The summed E-state index contributed by atoms with van der Waals surface area (Å²) in [7, 11) is 0. The Morgan fingerprint density at radius 2 is 1.81 bits per heavy atom. The van der Waals surface area contributed by atoms with Crippen LogP contribution in [0.5, 0.6) is 0 Å². The standard InChI is InChI=1S/C24H24O7S/c1-15(2)23(27)30-12-6-5-11-29-21(25)14-31-24(28)17-9-10-20-18(22(17)26)13-16-7-3-4-8-19(16)32-20/h3-4,7-10,17H,1,5-6,11-14H2,2H3. The second-order valence-electron chi connectivity index (χ2n) is 7.38. The number of ether oxygens (including phenoxy) is 3. The van der Waals surface area contributed by atoms with Crippen LogP contribution < -0.4 is 0 Å². The van der Waals surface area contributed by atoms with Crippen LogP contribution in [0.4, 0.5) is 0 Å². The molecule has 1 aliphatic carbocycles. The maximum absolute atomic E-state index is 12.8. The minimum atomic E-state index is -1.06. The Labute approximate surface area is 190 Å². The van der Waals surface area contributed by atoms with Crippen molar-refractivity contribution in [2.45, 2.75) is 31.1 Å². The van der Waals surface area contributed by atoms with Gasteiger partial charge in [0.15, 0.2) is 12.4 Å². The molecular formula is C24H24O7S. The second-order valence-corrected chi connectivity index (χ2v) is 8.47. The van der Waals surface area contributed by atoms with E-state index >= 15 is 0 Å². The lowest BCUT2D eigenvalue weighted by atomic mass is 9.88. The zero-order chi connectivity index (χ0) is 23.1. The molecule has 0 saturated heterocycles. The predicted octanol–water partition coefficient (Wildman–Crippen LogP) is 3.33. The molecule has 0 aromatic heterocycles. The maximum atomic E-state index is 12.8. The van der Waals surface area contributed by atoms with Crippen molar-refractivity contribution in [3.05, 3.63) is 64.6 Å². The number of carbonyl (C=O) groups excluding carboxylic acids is 4. The number of ketones is 1. The number of unbranched alkanes of at least 4 members (excludes halogenated alkanes) is 1. The van der Waals surface area contributed by atoms with Crippen LogP contribution in [0.2, 0.25) is 0 Å². The van der Waals surface area contributed by atoms with E-state index in [1.165, 1.54) is 17.8 Å². The molecule has 0 spiro atoms. The van der Waals surface area contributed by atoms with Crippen LogP contribution in [-0.2, 0) is 39.8 Å². The Morgan fingerprint density at radius 3 is 2.56 bits per heavy atom. The third kappa shape index (κ3) is 5.97. The Balaban J connectivity index is 1.38. The summed E-state index contributed by atoms with van der Waals surface area (Å²) < 4.78 is 14.9. The number of hydrogen-bond acceptors (Lipinski definition) is 8. The summed E-state index contributed by atoms with van der Waals surface area (Å²) in [6.45, 7) is 4.79. The Kier molecular flexibility index (Phi) is 8.05. The predicted molar refractivity (Wildman–Crippen MR) is 118 cm³/mol. The van der Waals surface area contributed by atoms with Crippen molar-refractivity contribution >= 4 is 35.5 Å². The van der Waals surface area contributed by atoms with Gasteiger partial charge in [-0.1, -0.05) is 48.7 Å². The molecule has 0 N–H and O–H groups in total. The quantitative estimate of drug-likeness (QED) is 0.184. The van der Waals surface area contributed by atoms with Gasteiger partial charge in [0, 0.05) is 27.4 Å². The van der Waals surface area contributed by atoms with Gasteiger partial charge in [-0.3, -0.25) is 9.59 Å². The van der Waals surface area contributed by atoms with Crippen LogP contribution in [0.1, 0.15) is 25.3 Å². The Morgan fingerprint density at radius 1 is 1.09 bits per heavy atom. The molecule has 168 valence electrons. The maximum Gasteiger partial charge on any atom is 0.344 e. The fraction of sp³-hybridized carbons (Fsp3) is 0.333. The molecule has 7 nitrogen and oxygen atoms in total. The van der Waals surface area contributed by atoms with E-state index in [0.29, 0.717) is 30.4 Å². The number of allylic oxidation sites excluding steroid dienone is 2. The van der Waals surface area contributed by atoms with Crippen molar-refractivity contribution in [2.24, 2.45) is 5.92 Å². The van der Waals surface area contributed by atoms with Gasteiger partial charge in [-0.2, -0.15) is 0 Å². The van der Waals surface area contributed by atoms with Crippen LogP contribution in [0.3, 0.4) is 0 Å². The number of carbonyl (C=O) groups is 4. The first-order valence-corrected chi connectivity index (χ1v) is 11.0. The lowest BCUT2D eigenvalue weighted by molar-refractivity contribution is -0.161. The van der Waals surface area contributed by atoms with E-state index < -0.39 is 30.4 Å². The fourth-order valence-electron chi connectivity index (χ4n) is 3.13. The van der Waals surface area contributed by atoms with Crippen LogP contribution >= 0.6 is 11.8 Å². The normalized spacial score (nSPS) is 16.7. The number of esters is 3. The highest BCUT2D eigenvalue weighted by atomic mass is 32.2. The van der Waals surface area contributed by atoms with Gasteiger partial charge in [0.1, 0.15) is 5.92 Å². The molecule has 32 heavy (non-hydrogen) atoms. The van der Waals surface area contributed by atoms with E-state index in [1.54, 1.807) is 13.0 Å². The Hall–Kier alpha value is -3.13. The van der Waals surface area contributed by atoms with Crippen molar-refractivity contribution in [1.82, 2.24) is 0 Å². The molecule has 0 saturated carbocycles. The highest BCUT2D eigenvalue weighted by molar-refractivity contribution is 8.03. The molecule has 1 aromatic rings. The zero-order valence-corrected chi connectivity index (χ0v) is 18.6. The smallest absolute Gasteiger partial charge is 0.344 e. The largest absolute Gasteiger partial charge is 0.463 e. The SMILES string of the molecule is C=C(C)C(=O)OCCCCOC(=O)COC(=O)C1C=CC2=C(Cc3ccccc3S2)C1=O. The monoisotopic (exact) mass is 456 g/mol. The topological polar surface area (TPSA) is 96.0 Å². The van der Waals surface area contributed by atoms with E-state index in [-0.39, 0.29) is 19.0 Å². The zero-order valence-electron chi connectivity index (χ0n) is 17.8. The summed E-state index contributed by atoms with van der Waals surface area (Å²) in [6.07, 6.45) is 4.76. The van der Waals surface area contributed by atoms with Crippen molar-refractivity contribution in [3.63, 3.8) is 0 Å². The molecule has 1 aromatic carbocycles. The van der Waals surface area contributed by atoms with E-state index in [9.17, 15) is 19.2 Å². The van der Waals surface area contributed by atoms with Crippen molar-refractivity contribution in [3.8, 4) is 0 Å².